The van der Waals surface area contributed by atoms with Gasteiger partial charge < -0.3 is 9.26 Å². The molecular weight excluding hydrogens is 319 g/mol. The van der Waals surface area contributed by atoms with Crippen molar-refractivity contribution in [3.05, 3.63) is 51.0 Å². The molecule has 7 heteroatoms. The first kappa shape index (κ1) is 13.4. The van der Waals surface area contributed by atoms with E-state index in [1.807, 2.05) is 16.8 Å². The predicted molar refractivity (Wildman–Crippen MR) is 78.4 cm³/mol. The molecule has 0 bridgehead atoms. The summed E-state index contributed by atoms with van der Waals surface area (Å²) in [6.07, 6.45) is 0. The number of halogens is 2. The van der Waals surface area contributed by atoms with Crippen molar-refractivity contribution in [2.45, 2.75) is 6.61 Å². The Labute approximate surface area is 128 Å². The smallest absolute Gasteiger partial charge is 0.264 e. The molecule has 0 saturated heterocycles. The van der Waals surface area contributed by atoms with Crippen molar-refractivity contribution in [2.75, 3.05) is 0 Å². The van der Waals surface area contributed by atoms with Crippen molar-refractivity contribution in [3.63, 3.8) is 0 Å². The summed E-state index contributed by atoms with van der Waals surface area (Å²) in [4.78, 5) is 4.25. The minimum absolute atomic E-state index is 0.161. The van der Waals surface area contributed by atoms with Gasteiger partial charge in [-0.3, -0.25) is 0 Å². The van der Waals surface area contributed by atoms with Crippen LogP contribution in [0.1, 0.15) is 5.89 Å². The van der Waals surface area contributed by atoms with Gasteiger partial charge in [-0.1, -0.05) is 28.4 Å². The zero-order chi connectivity index (χ0) is 13.9. The second kappa shape index (κ2) is 5.83. The number of ether oxygens (including phenoxy) is 1. The summed E-state index contributed by atoms with van der Waals surface area (Å²) in [5, 5.41) is 8.82. The first-order valence-electron chi connectivity index (χ1n) is 5.65. The Morgan fingerprint density at radius 3 is 2.70 bits per heavy atom. The fraction of sp³-hybridized carbons (Fsp3) is 0.0769. The van der Waals surface area contributed by atoms with E-state index in [2.05, 4.69) is 10.1 Å². The fourth-order valence-electron chi connectivity index (χ4n) is 1.58. The first-order chi connectivity index (χ1) is 9.70. The van der Waals surface area contributed by atoms with Gasteiger partial charge in [0, 0.05) is 21.0 Å². The molecule has 0 aliphatic heterocycles. The van der Waals surface area contributed by atoms with Crippen molar-refractivity contribution < 1.29 is 9.26 Å². The van der Waals surface area contributed by atoms with E-state index < -0.39 is 0 Å². The maximum absolute atomic E-state index is 5.89. The maximum Gasteiger partial charge on any atom is 0.264 e. The third-order valence-corrected chi connectivity index (χ3v) is 3.57. The molecule has 0 atom stereocenters. The third-order valence-electron chi connectivity index (χ3n) is 2.45. The summed E-state index contributed by atoms with van der Waals surface area (Å²) in [5.74, 6) is 1.49. The van der Waals surface area contributed by atoms with Crippen LogP contribution >= 0.6 is 34.5 Å². The number of hydrogen-bond acceptors (Lipinski definition) is 5. The molecule has 2 heterocycles. The van der Waals surface area contributed by atoms with Crippen molar-refractivity contribution >= 4 is 34.5 Å². The molecule has 0 aliphatic rings. The average Bonchev–Trinajstić information content (AvgIpc) is 3.06. The summed E-state index contributed by atoms with van der Waals surface area (Å²) in [7, 11) is 0. The van der Waals surface area contributed by atoms with Gasteiger partial charge in [0.25, 0.3) is 5.89 Å². The van der Waals surface area contributed by atoms with Crippen LogP contribution in [-0.2, 0) is 6.61 Å². The van der Waals surface area contributed by atoms with Gasteiger partial charge in [0.05, 0.1) is 0 Å². The van der Waals surface area contributed by atoms with Crippen LogP contribution in [-0.4, -0.2) is 10.1 Å². The molecule has 0 aliphatic carbocycles. The van der Waals surface area contributed by atoms with Gasteiger partial charge in [-0.15, -0.1) is 0 Å². The zero-order valence-electron chi connectivity index (χ0n) is 10.0. The van der Waals surface area contributed by atoms with Crippen molar-refractivity contribution in [3.8, 4) is 17.1 Å². The minimum Gasteiger partial charge on any atom is -0.484 e. The highest BCUT2D eigenvalue weighted by Gasteiger charge is 2.09. The number of hydrogen-bond donors (Lipinski definition) is 0. The van der Waals surface area contributed by atoms with Crippen LogP contribution in [0.25, 0.3) is 11.4 Å². The number of aromatic nitrogens is 2. The Morgan fingerprint density at radius 2 is 2.00 bits per heavy atom. The van der Waals surface area contributed by atoms with Gasteiger partial charge in [0.1, 0.15) is 5.75 Å². The number of rotatable bonds is 4. The second-order valence-corrected chi connectivity index (χ2v) is 5.57. The Kier molecular flexibility index (Phi) is 3.91. The van der Waals surface area contributed by atoms with Gasteiger partial charge in [-0.25, -0.2) is 0 Å². The van der Waals surface area contributed by atoms with Crippen molar-refractivity contribution in [1.82, 2.24) is 10.1 Å². The van der Waals surface area contributed by atoms with E-state index in [-0.39, 0.29) is 6.61 Å². The van der Waals surface area contributed by atoms with Crippen LogP contribution in [0.4, 0.5) is 0 Å². The molecule has 20 heavy (non-hydrogen) atoms. The van der Waals surface area contributed by atoms with E-state index in [0.717, 1.165) is 5.56 Å². The lowest BCUT2D eigenvalue weighted by Gasteiger charge is -2.03. The Hall–Kier alpha value is -1.56. The number of thiophene rings is 1. The quantitative estimate of drug-likeness (QED) is 0.698. The monoisotopic (exact) mass is 326 g/mol. The second-order valence-electron chi connectivity index (χ2n) is 3.92. The van der Waals surface area contributed by atoms with Gasteiger partial charge in [-0.2, -0.15) is 16.3 Å². The van der Waals surface area contributed by atoms with Crippen molar-refractivity contribution in [1.29, 1.82) is 0 Å². The molecule has 102 valence electrons. The van der Waals surface area contributed by atoms with E-state index in [1.165, 1.54) is 0 Å². The summed E-state index contributed by atoms with van der Waals surface area (Å²) in [6.45, 7) is 0.161. The van der Waals surface area contributed by atoms with E-state index in [4.69, 9.17) is 32.5 Å². The van der Waals surface area contributed by atoms with E-state index >= 15 is 0 Å². The lowest BCUT2D eigenvalue weighted by atomic mass is 10.3. The fourth-order valence-corrected chi connectivity index (χ4v) is 2.72. The van der Waals surface area contributed by atoms with Crippen LogP contribution in [0.5, 0.6) is 5.75 Å². The van der Waals surface area contributed by atoms with Crippen LogP contribution in [0.3, 0.4) is 0 Å². The number of benzene rings is 1. The average molecular weight is 327 g/mol. The predicted octanol–water partition coefficient (Wildman–Crippen LogP) is 4.68. The molecule has 0 spiro atoms. The normalized spacial score (nSPS) is 10.7. The molecule has 0 fully saturated rings. The van der Waals surface area contributed by atoms with Gasteiger partial charge in [-0.05, 0) is 29.6 Å². The molecule has 0 amide bonds. The standard InChI is InChI=1S/C13H8Cl2N2O2S/c14-9-3-10(15)5-11(4-9)18-6-12-16-13(17-19-12)8-1-2-20-7-8/h1-5,7H,6H2. The largest absolute Gasteiger partial charge is 0.484 e. The summed E-state index contributed by atoms with van der Waals surface area (Å²) in [6, 6.07) is 6.90. The molecule has 2 aromatic heterocycles. The summed E-state index contributed by atoms with van der Waals surface area (Å²) < 4.78 is 10.6. The highest BCUT2D eigenvalue weighted by molar-refractivity contribution is 7.08. The summed E-state index contributed by atoms with van der Waals surface area (Å²) >= 11 is 13.4. The topological polar surface area (TPSA) is 48.2 Å². The van der Waals surface area contributed by atoms with Crippen molar-refractivity contribution in [2.24, 2.45) is 0 Å². The Bertz CT molecular complexity index is 693. The molecule has 0 unspecified atom stereocenters. The molecule has 0 saturated carbocycles. The van der Waals surface area contributed by atoms with Crippen LogP contribution < -0.4 is 4.74 Å². The molecule has 0 radical (unpaired) electrons. The molecule has 4 nitrogen and oxygen atoms in total. The van der Waals surface area contributed by atoms with Crippen LogP contribution in [0.2, 0.25) is 10.0 Å². The lowest BCUT2D eigenvalue weighted by molar-refractivity contribution is 0.243. The third kappa shape index (κ3) is 3.12. The molecule has 1 aromatic carbocycles. The molecule has 3 aromatic rings. The van der Waals surface area contributed by atoms with Crippen LogP contribution in [0, 0.1) is 0 Å². The molecule has 3 rings (SSSR count). The highest BCUT2D eigenvalue weighted by atomic mass is 35.5. The zero-order valence-corrected chi connectivity index (χ0v) is 12.4. The molecule has 0 N–H and O–H groups in total. The SMILES string of the molecule is Clc1cc(Cl)cc(OCc2nc(-c3ccsc3)no2)c1. The lowest BCUT2D eigenvalue weighted by Crippen LogP contribution is -1.95. The van der Waals surface area contributed by atoms with Gasteiger partial charge in [0.15, 0.2) is 6.61 Å². The van der Waals surface area contributed by atoms with E-state index in [9.17, 15) is 0 Å². The van der Waals surface area contributed by atoms with Gasteiger partial charge in [0.2, 0.25) is 5.82 Å². The van der Waals surface area contributed by atoms with Gasteiger partial charge >= 0.3 is 0 Å². The van der Waals surface area contributed by atoms with E-state index in [1.54, 1.807) is 29.5 Å². The first-order valence-corrected chi connectivity index (χ1v) is 7.34. The summed E-state index contributed by atoms with van der Waals surface area (Å²) in [5.41, 5.74) is 0.927. The van der Waals surface area contributed by atoms with Crippen LogP contribution in [0.15, 0.2) is 39.5 Å². The maximum atomic E-state index is 5.89. The molecular formula is C13H8Cl2N2O2S. The Morgan fingerprint density at radius 1 is 1.20 bits per heavy atom. The number of nitrogens with zero attached hydrogens (tertiary/aromatic N) is 2. The minimum atomic E-state index is 0.161. The van der Waals surface area contributed by atoms with E-state index in [0.29, 0.717) is 27.5 Å². The Balaban J connectivity index is 1.69. The highest BCUT2D eigenvalue weighted by Crippen LogP contribution is 2.25.